The van der Waals surface area contributed by atoms with E-state index in [0.29, 0.717) is 17.1 Å². The summed E-state index contributed by atoms with van der Waals surface area (Å²) in [5, 5.41) is 3.66. The molecule has 0 fully saturated rings. The predicted octanol–water partition coefficient (Wildman–Crippen LogP) is 2.91. The molecule has 0 saturated heterocycles. The predicted molar refractivity (Wildman–Crippen MR) is 77.2 cm³/mol. The van der Waals surface area contributed by atoms with Gasteiger partial charge in [0.25, 0.3) is 10.0 Å². The average molecular weight is 294 g/mol. The molecular weight excluding hydrogens is 276 g/mol. The SMILES string of the molecule is CCc1ccc(CC)c(S(=O)(=O)Nc2cc(C)on2)c1. The van der Waals surface area contributed by atoms with Crippen LogP contribution in [0.5, 0.6) is 0 Å². The Bertz CT molecular complexity index is 705. The first-order valence-electron chi connectivity index (χ1n) is 6.54. The first-order valence-corrected chi connectivity index (χ1v) is 8.02. The number of hydrogen-bond acceptors (Lipinski definition) is 4. The lowest BCUT2D eigenvalue weighted by Crippen LogP contribution is -2.15. The van der Waals surface area contributed by atoms with Crippen molar-refractivity contribution in [2.24, 2.45) is 0 Å². The van der Waals surface area contributed by atoms with Crippen LogP contribution < -0.4 is 4.72 Å². The summed E-state index contributed by atoms with van der Waals surface area (Å²) in [4.78, 5) is 0.306. The molecule has 0 atom stereocenters. The number of aryl methyl sites for hydroxylation is 3. The maximum atomic E-state index is 12.5. The molecule has 6 heteroatoms. The lowest BCUT2D eigenvalue weighted by molar-refractivity contribution is 0.400. The molecular formula is C14H18N2O3S. The summed E-state index contributed by atoms with van der Waals surface area (Å²) in [7, 11) is -3.65. The van der Waals surface area contributed by atoms with E-state index in [-0.39, 0.29) is 5.82 Å². The van der Waals surface area contributed by atoms with Crippen molar-refractivity contribution in [2.45, 2.75) is 38.5 Å². The first kappa shape index (κ1) is 14.6. The lowest BCUT2D eigenvalue weighted by atomic mass is 10.1. The van der Waals surface area contributed by atoms with Gasteiger partial charge in [-0.2, -0.15) is 0 Å². The van der Waals surface area contributed by atoms with Gasteiger partial charge in [-0.3, -0.25) is 4.72 Å². The van der Waals surface area contributed by atoms with Gasteiger partial charge in [-0.25, -0.2) is 8.42 Å². The number of nitrogens with zero attached hydrogens (tertiary/aromatic N) is 1. The quantitative estimate of drug-likeness (QED) is 0.920. The number of anilines is 1. The van der Waals surface area contributed by atoms with Gasteiger partial charge < -0.3 is 4.52 Å². The number of sulfonamides is 1. The Morgan fingerprint density at radius 3 is 2.50 bits per heavy atom. The molecule has 1 heterocycles. The minimum atomic E-state index is -3.65. The van der Waals surface area contributed by atoms with Gasteiger partial charge in [0, 0.05) is 6.07 Å². The van der Waals surface area contributed by atoms with Crippen LogP contribution in [0.1, 0.15) is 30.7 Å². The van der Waals surface area contributed by atoms with E-state index in [0.717, 1.165) is 17.5 Å². The minimum absolute atomic E-state index is 0.200. The van der Waals surface area contributed by atoms with Gasteiger partial charge in [0.2, 0.25) is 0 Å². The van der Waals surface area contributed by atoms with Crippen LogP contribution in [0.15, 0.2) is 33.7 Å². The normalized spacial score (nSPS) is 11.6. The molecule has 2 rings (SSSR count). The minimum Gasteiger partial charge on any atom is -0.360 e. The van der Waals surface area contributed by atoms with E-state index in [4.69, 9.17) is 4.52 Å². The van der Waals surface area contributed by atoms with Crippen molar-refractivity contribution in [3.8, 4) is 0 Å². The molecule has 0 unspecified atom stereocenters. The van der Waals surface area contributed by atoms with Gasteiger partial charge in [0.15, 0.2) is 5.82 Å². The lowest BCUT2D eigenvalue weighted by Gasteiger charge is -2.11. The average Bonchev–Trinajstić information content (AvgIpc) is 2.82. The Morgan fingerprint density at radius 1 is 1.20 bits per heavy atom. The second-order valence-electron chi connectivity index (χ2n) is 4.58. The van der Waals surface area contributed by atoms with Gasteiger partial charge in [0.1, 0.15) is 5.76 Å². The van der Waals surface area contributed by atoms with Gasteiger partial charge in [-0.15, -0.1) is 0 Å². The van der Waals surface area contributed by atoms with Gasteiger partial charge in [-0.05, 0) is 37.0 Å². The zero-order valence-corrected chi connectivity index (χ0v) is 12.6. The fraction of sp³-hybridized carbons (Fsp3) is 0.357. The van der Waals surface area contributed by atoms with Gasteiger partial charge in [0.05, 0.1) is 4.90 Å². The number of nitrogens with one attached hydrogen (secondary N) is 1. The van der Waals surface area contributed by atoms with E-state index < -0.39 is 10.0 Å². The van der Waals surface area contributed by atoms with E-state index in [9.17, 15) is 8.42 Å². The highest BCUT2D eigenvalue weighted by Crippen LogP contribution is 2.22. The Balaban J connectivity index is 2.42. The Morgan fingerprint density at radius 2 is 1.95 bits per heavy atom. The van der Waals surface area contributed by atoms with E-state index in [1.54, 1.807) is 19.1 Å². The summed E-state index contributed by atoms with van der Waals surface area (Å²) in [5.41, 5.74) is 1.77. The highest BCUT2D eigenvalue weighted by atomic mass is 32.2. The molecule has 0 bridgehead atoms. The van der Waals surface area contributed by atoms with Crippen LogP contribution in [-0.4, -0.2) is 13.6 Å². The standard InChI is InChI=1S/C14H18N2O3S/c1-4-11-6-7-12(5-2)13(9-11)20(17,18)16-14-8-10(3)19-15-14/h6-9H,4-5H2,1-3H3,(H,15,16). The molecule has 108 valence electrons. The van der Waals surface area contributed by atoms with Crippen LogP contribution in [0.2, 0.25) is 0 Å². The molecule has 1 aromatic heterocycles. The molecule has 0 aliphatic rings. The first-order chi connectivity index (χ1) is 9.46. The van der Waals surface area contributed by atoms with Crippen molar-refractivity contribution in [2.75, 3.05) is 4.72 Å². The van der Waals surface area contributed by atoms with Gasteiger partial charge >= 0.3 is 0 Å². The van der Waals surface area contributed by atoms with Crippen molar-refractivity contribution in [1.82, 2.24) is 5.16 Å². The monoisotopic (exact) mass is 294 g/mol. The number of benzene rings is 1. The second kappa shape index (κ2) is 5.66. The third-order valence-corrected chi connectivity index (χ3v) is 4.51. The zero-order valence-electron chi connectivity index (χ0n) is 11.8. The van der Waals surface area contributed by atoms with Crippen LogP contribution in [0.25, 0.3) is 0 Å². The van der Waals surface area contributed by atoms with E-state index >= 15 is 0 Å². The molecule has 1 N–H and O–H groups in total. The van der Waals surface area contributed by atoms with Crippen LogP contribution in [0.3, 0.4) is 0 Å². The number of aromatic nitrogens is 1. The summed E-state index contributed by atoms with van der Waals surface area (Å²) in [6.45, 7) is 5.63. The van der Waals surface area contributed by atoms with Crippen LogP contribution in [-0.2, 0) is 22.9 Å². The van der Waals surface area contributed by atoms with Crippen molar-refractivity contribution in [3.63, 3.8) is 0 Å². The summed E-state index contributed by atoms with van der Waals surface area (Å²) >= 11 is 0. The second-order valence-corrected chi connectivity index (χ2v) is 6.23. The fourth-order valence-corrected chi connectivity index (χ4v) is 3.31. The molecule has 0 saturated carbocycles. The van der Waals surface area contributed by atoms with Crippen molar-refractivity contribution >= 4 is 15.8 Å². The van der Waals surface area contributed by atoms with Crippen LogP contribution >= 0.6 is 0 Å². The molecule has 0 radical (unpaired) electrons. The highest BCUT2D eigenvalue weighted by molar-refractivity contribution is 7.92. The van der Waals surface area contributed by atoms with E-state index in [2.05, 4.69) is 9.88 Å². The molecule has 0 amide bonds. The molecule has 1 aromatic carbocycles. The maximum absolute atomic E-state index is 12.5. The number of hydrogen-bond donors (Lipinski definition) is 1. The van der Waals surface area contributed by atoms with Crippen molar-refractivity contribution in [3.05, 3.63) is 41.2 Å². The molecule has 20 heavy (non-hydrogen) atoms. The number of rotatable bonds is 5. The van der Waals surface area contributed by atoms with Gasteiger partial charge in [-0.1, -0.05) is 31.1 Å². The van der Waals surface area contributed by atoms with Crippen molar-refractivity contribution < 1.29 is 12.9 Å². The fourth-order valence-electron chi connectivity index (χ4n) is 1.97. The third-order valence-electron chi connectivity index (χ3n) is 3.08. The smallest absolute Gasteiger partial charge is 0.263 e. The molecule has 0 aliphatic carbocycles. The largest absolute Gasteiger partial charge is 0.360 e. The molecule has 2 aromatic rings. The van der Waals surface area contributed by atoms with E-state index in [1.165, 1.54) is 0 Å². The Hall–Kier alpha value is -1.82. The summed E-state index contributed by atoms with van der Waals surface area (Å²) in [5.74, 6) is 0.757. The topological polar surface area (TPSA) is 72.2 Å². The van der Waals surface area contributed by atoms with E-state index in [1.807, 2.05) is 26.0 Å². The van der Waals surface area contributed by atoms with Crippen molar-refractivity contribution in [1.29, 1.82) is 0 Å². The zero-order chi connectivity index (χ0) is 14.8. The molecule has 5 nitrogen and oxygen atoms in total. The Labute approximate surface area is 119 Å². The van der Waals surface area contributed by atoms with Crippen LogP contribution in [0.4, 0.5) is 5.82 Å². The summed E-state index contributed by atoms with van der Waals surface area (Å²) < 4.78 is 32.3. The third kappa shape index (κ3) is 3.01. The Kier molecular flexibility index (Phi) is 4.13. The highest BCUT2D eigenvalue weighted by Gasteiger charge is 2.19. The molecule has 0 aliphatic heterocycles. The molecule has 0 spiro atoms. The van der Waals surface area contributed by atoms with Crippen LogP contribution in [0, 0.1) is 6.92 Å². The summed E-state index contributed by atoms with van der Waals surface area (Å²) in [6, 6.07) is 7.08. The maximum Gasteiger partial charge on any atom is 0.263 e. The summed E-state index contributed by atoms with van der Waals surface area (Å²) in [6.07, 6.45) is 1.44.